The van der Waals surface area contributed by atoms with Gasteiger partial charge in [-0.15, -0.1) is 0 Å². The summed E-state index contributed by atoms with van der Waals surface area (Å²) >= 11 is 0. The molecule has 0 radical (unpaired) electrons. The lowest BCUT2D eigenvalue weighted by atomic mass is 10.1. The quantitative estimate of drug-likeness (QED) is 0.813. The number of hydrogen-bond acceptors (Lipinski definition) is 1. The maximum Gasteiger partial charge on any atom is 0.181 e. The van der Waals surface area contributed by atoms with Gasteiger partial charge in [0.2, 0.25) is 0 Å². The lowest BCUT2D eigenvalue weighted by Crippen LogP contribution is -2.10. The summed E-state index contributed by atoms with van der Waals surface area (Å²) in [7, 11) is 0. The van der Waals surface area contributed by atoms with Gasteiger partial charge in [0, 0.05) is 11.6 Å². The summed E-state index contributed by atoms with van der Waals surface area (Å²) in [4.78, 5) is 0. The van der Waals surface area contributed by atoms with Crippen LogP contribution >= 0.6 is 0 Å². The number of halogens is 4. The molecule has 1 unspecified atom stereocenters. The summed E-state index contributed by atoms with van der Waals surface area (Å²) in [5, 5.41) is 2.65. The average molecular weight is 269 g/mol. The van der Waals surface area contributed by atoms with Crippen LogP contribution in [0.1, 0.15) is 18.5 Å². The third kappa shape index (κ3) is 2.86. The zero-order chi connectivity index (χ0) is 14.0. The van der Waals surface area contributed by atoms with Gasteiger partial charge in [-0.3, -0.25) is 0 Å². The van der Waals surface area contributed by atoms with Gasteiger partial charge in [-0.05, 0) is 25.1 Å². The molecule has 1 N–H and O–H groups in total. The van der Waals surface area contributed by atoms with Gasteiger partial charge in [-0.2, -0.15) is 0 Å². The molecular formula is C14H11F4N. The minimum Gasteiger partial charge on any atom is -0.376 e. The van der Waals surface area contributed by atoms with Crippen LogP contribution in [0, 0.1) is 23.3 Å². The lowest BCUT2D eigenvalue weighted by molar-refractivity contribution is 0.509. The molecule has 5 heteroatoms. The van der Waals surface area contributed by atoms with E-state index in [-0.39, 0.29) is 11.3 Å². The van der Waals surface area contributed by atoms with Gasteiger partial charge in [0.25, 0.3) is 0 Å². The molecule has 0 aliphatic rings. The fourth-order valence-electron chi connectivity index (χ4n) is 1.78. The molecule has 0 saturated carbocycles. The fourth-order valence-corrected chi connectivity index (χ4v) is 1.78. The molecule has 1 nitrogen and oxygen atoms in total. The SMILES string of the molecule is CC(Nc1cccc(F)c1F)c1ccc(F)cc1F. The van der Waals surface area contributed by atoms with Crippen molar-refractivity contribution in [3.8, 4) is 0 Å². The first kappa shape index (κ1) is 13.4. The number of benzene rings is 2. The molecule has 0 heterocycles. The molecule has 0 aromatic heterocycles. The van der Waals surface area contributed by atoms with Crippen molar-refractivity contribution in [1.82, 2.24) is 0 Å². The van der Waals surface area contributed by atoms with Crippen LogP contribution in [0.5, 0.6) is 0 Å². The van der Waals surface area contributed by atoms with Gasteiger partial charge in [0.05, 0.1) is 11.7 Å². The van der Waals surface area contributed by atoms with Crippen molar-refractivity contribution < 1.29 is 17.6 Å². The van der Waals surface area contributed by atoms with Gasteiger partial charge in [0.15, 0.2) is 11.6 Å². The molecule has 2 aromatic carbocycles. The van der Waals surface area contributed by atoms with Crippen LogP contribution in [0.15, 0.2) is 36.4 Å². The van der Waals surface area contributed by atoms with E-state index in [2.05, 4.69) is 5.32 Å². The maximum atomic E-state index is 13.5. The molecule has 19 heavy (non-hydrogen) atoms. The number of nitrogens with one attached hydrogen (secondary N) is 1. The summed E-state index contributed by atoms with van der Waals surface area (Å²) in [5.74, 6) is -3.45. The second-order valence-electron chi connectivity index (χ2n) is 4.13. The summed E-state index contributed by atoms with van der Waals surface area (Å²) in [6.07, 6.45) is 0. The Morgan fingerprint density at radius 1 is 0.947 bits per heavy atom. The van der Waals surface area contributed by atoms with E-state index < -0.39 is 29.3 Å². The van der Waals surface area contributed by atoms with Crippen molar-refractivity contribution in [1.29, 1.82) is 0 Å². The molecule has 0 spiro atoms. The van der Waals surface area contributed by atoms with Crippen LogP contribution in [0.25, 0.3) is 0 Å². The minimum absolute atomic E-state index is 0.0729. The normalized spacial score (nSPS) is 12.3. The Kier molecular flexibility index (Phi) is 3.74. The second kappa shape index (κ2) is 5.30. The van der Waals surface area contributed by atoms with Crippen molar-refractivity contribution in [2.24, 2.45) is 0 Å². The summed E-state index contributed by atoms with van der Waals surface area (Å²) in [6.45, 7) is 1.57. The fraction of sp³-hybridized carbons (Fsp3) is 0.143. The highest BCUT2D eigenvalue weighted by molar-refractivity contribution is 5.47. The van der Waals surface area contributed by atoms with Crippen molar-refractivity contribution >= 4 is 5.69 Å². The first-order valence-corrected chi connectivity index (χ1v) is 5.64. The highest BCUT2D eigenvalue weighted by Crippen LogP contribution is 2.24. The Morgan fingerprint density at radius 3 is 2.37 bits per heavy atom. The summed E-state index contributed by atoms with van der Waals surface area (Å²) in [6, 6.07) is 6.17. The Balaban J connectivity index is 2.25. The van der Waals surface area contributed by atoms with Crippen molar-refractivity contribution in [3.63, 3.8) is 0 Å². The van der Waals surface area contributed by atoms with Crippen molar-refractivity contribution in [3.05, 3.63) is 65.2 Å². The minimum atomic E-state index is -1.03. The molecule has 1 atom stereocenters. The third-order valence-electron chi connectivity index (χ3n) is 2.75. The highest BCUT2D eigenvalue weighted by atomic mass is 19.2. The van der Waals surface area contributed by atoms with Gasteiger partial charge >= 0.3 is 0 Å². The van der Waals surface area contributed by atoms with Crippen LogP contribution in [-0.2, 0) is 0 Å². The van der Waals surface area contributed by atoms with Crippen molar-refractivity contribution in [2.75, 3.05) is 5.32 Å². The molecule has 0 aliphatic carbocycles. The predicted octanol–water partition coefficient (Wildman–Crippen LogP) is 4.42. The molecule has 0 fully saturated rings. The van der Waals surface area contributed by atoms with Crippen LogP contribution in [-0.4, -0.2) is 0 Å². The van der Waals surface area contributed by atoms with E-state index >= 15 is 0 Å². The van der Waals surface area contributed by atoms with Gasteiger partial charge < -0.3 is 5.32 Å². The molecule has 100 valence electrons. The average Bonchev–Trinajstić information content (AvgIpc) is 2.34. The summed E-state index contributed by atoms with van der Waals surface area (Å²) in [5.41, 5.74) is 0.0984. The van der Waals surface area contributed by atoms with E-state index in [0.29, 0.717) is 0 Å². The smallest absolute Gasteiger partial charge is 0.181 e. The Bertz CT molecular complexity index is 598. The van der Waals surface area contributed by atoms with E-state index in [1.165, 1.54) is 18.2 Å². The molecule has 2 aromatic rings. The predicted molar refractivity (Wildman–Crippen MR) is 64.8 cm³/mol. The largest absolute Gasteiger partial charge is 0.376 e. The number of anilines is 1. The van der Waals surface area contributed by atoms with E-state index in [1.54, 1.807) is 6.92 Å². The maximum absolute atomic E-state index is 13.5. The Hall–Kier alpha value is -2.04. The van der Waals surface area contributed by atoms with E-state index in [4.69, 9.17) is 0 Å². The van der Waals surface area contributed by atoms with Crippen LogP contribution in [0.3, 0.4) is 0 Å². The molecular weight excluding hydrogens is 258 g/mol. The highest BCUT2D eigenvalue weighted by Gasteiger charge is 2.14. The standard InChI is InChI=1S/C14H11F4N/c1-8(10-6-5-9(15)7-12(10)17)19-13-4-2-3-11(16)14(13)18/h2-8,19H,1H3. The van der Waals surface area contributed by atoms with Gasteiger partial charge in [-0.25, -0.2) is 17.6 Å². The van der Waals surface area contributed by atoms with E-state index in [0.717, 1.165) is 18.2 Å². The van der Waals surface area contributed by atoms with Gasteiger partial charge in [0.1, 0.15) is 11.6 Å². The lowest BCUT2D eigenvalue weighted by Gasteiger charge is -2.17. The molecule has 0 bridgehead atoms. The zero-order valence-corrected chi connectivity index (χ0v) is 10.1. The Labute approximate surface area is 107 Å². The van der Waals surface area contributed by atoms with Gasteiger partial charge in [-0.1, -0.05) is 12.1 Å². The first-order valence-electron chi connectivity index (χ1n) is 5.64. The first-order chi connectivity index (χ1) is 8.99. The van der Waals surface area contributed by atoms with Crippen LogP contribution < -0.4 is 5.32 Å². The molecule has 0 aliphatic heterocycles. The second-order valence-corrected chi connectivity index (χ2v) is 4.13. The van der Waals surface area contributed by atoms with Crippen LogP contribution in [0.4, 0.5) is 23.2 Å². The van der Waals surface area contributed by atoms with E-state index in [9.17, 15) is 17.6 Å². The number of rotatable bonds is 3. The third-order valence-corrected chi connectivity index (χ3v) is 2.75. The van der Waals surface area contributed by atoms with Crippen LogP contribution in [0.2, 0.25) is 0 Å². The molecule has 0 amide bonds. The number of hydrogen-bond donors (Lipinski definition) is 1. The monoisotopic (exact) mass is 269 g/mol. The summed E-state index contributed by atoms with van der Waals surface area (Å²) < 4.78 is 52.8. The molecule has 2 rings (SSSR count). The molecule has 0 saturated heterocycles. The zero-order valence-electron chi connectivity index (χ0n) is 10.1. The topological polar surface area (TPSA) is 12.0 Å². The van der Waals surface area contributed by atoms with E-state index in [1.807, 2.05) is 0 Å². The van der Waals surface area contributed by atoms with Crippen molar-refractivity contribution in [2.45, 2.75) is 13.0 Å². The Morgan fingerprint density at radius 2 is 1.68 bits per heavy atom.